The van der Waals surface area contributed by atoms with Gasteiger partial charge in [0.25, 0.3) is 11.5 Å². The molecule has 3 N–H and O–H groups in total. The highest BCUT2D eigenvalue weighted by Gasteiger charge is 2.23. The van der Waals surface area contributed by atoms with Crippen LogP contribution in [0.3, 0.4) is 0 Å². The number of nitrogens with one attached hydrogen (secondary N) is 1. The fourth-order valence-electron chi connectivity index (χ4n) is 2.80. The molecule has 1 aliphatic rings. The van der Waals surface area contributed by atoms with Gasteiger partial charge in [0.2, 0.25) is 5.91 Å². The number of carbonyl (C=O) groups excluding carboxylic acids is 2. The van der Waals surface area contributed by atoms with Crippen molar-refractivity contribution in [3.8, 4) is 6.07 Å². The van der Waals surface area contributed by atoms with Crippen LogP contribution in [0.2, 0.25) is 0 Å². The summed E-state index contributed by atoms with van der Waals surface area (Å²) in [6.07, 6.45) is 1.15. The van der Waals surface area contributed by atoms with Crippen molar-refractivity contribution in [2.45, 2.75) is 25.9 Å². The number of nitriles is 1. The normalized spacial score (nSPS) is 12.4. The van der Waals surface area contributed by atoms with E-state index in [-0.39, 0.29) is 16.1 Å². The first-order chi connectivity index (χ1) is 11.9. The second-order valence-electron chi connectivity index (χ2n) is 5.44. The van der Waals surface area contributed by atoms with Crippen molar-refractivity contribution < 1.29 is 9.59 Å². The SMILES string of the molecule is N#Cc1c2n(c(=O)n(CC(=O)Nc3sccc3C(N)=O)c1=O)CCC2. The molecule has 25 heavy (non-hydrogen) atoms. The van der Waals surface area contributed by atoms with Crippen LogP contribution in [-0.4, -0.2) is 20.9 Å². The van der Waals surface area contributed by atoms with E-state index < -0.39 is 29.6 Å². The predicted octanol–water partition coefficient (Wildman–Crippen LogP) is -0.373. The lowest BCUT2D eigenvalue weighted by Gasteiger charge is -2.11. The van der Waals surface area contributed by atoms with E-state index in [4.69, 9.17) is 5.73 Å². The quantitative estimate of drug-likeness (QED) is 0.766. The predicted molar refractivity (Wildman–Crippen MR) is 89.5 cm³/mol. The van der Waals surface area contributed by atoms with E-state index >= 15 is 0 Å². The molecule has 0 aromatic carbocycles. The summed E-state index contributed by atoms with van der Waals surface area (Å²) in [5.41, 5.74) is 4.26. The number of primary amides is 1. The fourth-order valence-corrected chi connectivity index (χ4v) is 3.61. The summed E-state index contributed by atoms with van der Waals surface area (Å²) in [6.45, 7) is -0.149. The molecule has 0 saturated heterocycles. The average Bonchev–Trinajstić information content (AvgIpc) is 3.21. The van der Waals surface area contributed by atoms with Gasteiger partial charge in [-0.05, 0) is 24.3 Å². The van der Waals surface area contributed by atoms with E-state index in [1.165, 1.54) is 10.6 Å². The van der Waals surface area contributed by atoms with Gasteiger partial charge < -0.3 is 11.1 Å². The second-order valence-corrected chi connectivity index (χ2v) is 6.35. The van der Waals surface area contributed by atoms with Gasteiger partial charge in [0.1, 0.15) is 23.2 Å². The molecule has 3 heterocycles. The number of anilines is 1. The van der Waals surface area contributed by atoms with E-state index in [9.17, 15) is 24.4 Å². The highest BCUT2D eigenvalue weighted by molar-refractivity contribution is 7.14. The molecule has 1 aliphatic heterocycles. The van der Waals surface area contributed by atoms with Gasteiger partial charge in [-0.1, -0.05) is 0 Å². The first-order valence-corrected chi connectivity index (χ1v) is 8.25. The zero-order valence-corrected chi connectivity index (χ0v) is 13.8. The highest BCUT2D eigenvalue weighted by Crippen LogP contribution is 2.22. The van der Waals surface area contributed by atoms with E-state index in [1.54, 1.807) is 5.38 Å². The molecule has 0 saturated carbocycles. The number of rotatable bonds is 4. The number of aromatic nitrogens is 2. The number of fused-ring (bicyclic) bond motifs is 1. The van der Waals surface area contributed by atoms with Gasteiger partial charge in [-0.2, -0.15) is 5.26 Å². The standard InChI is InChI=1S/C15H13N5O4S/c16-6-9-10-2-1-4-19(10)15(24)20(14(9)23)7-11(21)18-13-8(12(17)22)3-5-25-13/h3,5H,1-2,4,7H2,(H2,17,22)(H,18,21). The summed E-state index contributed by atoms with van der Waals surface area (Å²) >= 11 is 1.10. The Morgan fingerprint density at radius 2 is 2.16 bits per heavy atom. The Balaban J connectivity index is 1.94. The first kappa shape index (κ1) is 16.7. The third-order valence-corrected chi connectivity index (χ3v) is 4.76. The minimum atomic E-state index is -0.780. The molecule has 2 amide bonds. The lowest BCUT2D eigenvalue weighted by molar-refractivity contribution is -0.116. The highest BCUT2D eigenvalue weighted by atomic mass is 32.1. The lowest BCUT2D eigenvalue weighted by Crippen LogP contribution is -2.44. The maximum atomic E-state index is 12.4. The molecule has 9 nitrogen and oxygen atoms in total. The molecular weight excluding hydrogens is 346 g/mol. The molecule has 3 rings (SSSR count). The van der Waals surface area contributed by atoms with Crippen LogP contribution < -0.4 is 22.3 Å². The number of nitrogens with two attached hydrogens (primary N) is 1. The van der Waals surface area contributed by atoms with Crippen LogP contribution in [0.5, 0.6) is 0 Å². The van der Waals surface area contributed by atoms with Gasteiger partial charge >= 0.3 is 5.69 Å². The molecule has 0 atom stereocenters. The Bertz CT molecular complexity index is 1040. The smallest absolute Gasteiger partial charge is 0.331 e. The van der Waals surface area contributed by atoms with Crippen LogP contribution in [0.15, 0.2) is 21.0 Å². The van der Waals surface area contributed by atoms with Crippen molar-refractivity contribution in [2.24, 2.45) is 5.73 Å². The van der Waals surface area contributed by atoms with Crippen molar-refractivity contribution in [1.82, 2.24) is 9.13 Å². The van der Waals surface area contributed by atoms with Crippen LogP contribution in [0.25, 0.3) is 0 Å². The molecule has 0 fully saturated rings. The largest absolute Gasteiger partial charge is 0.366 e. The number of hydrogen-bond donors (Lipinski definition) is 2. The molecule has 0 aliphatic carbocycles. The van der Waals surface area contributed by atoms with E-state index in [0.717, 1.165) is 15.9 Å². The Kier molecular flexibility index (Phi) is 4.24. The molecule has 0 bridgehead atoms. The Morgan fingerprint density at radius 3 is 2.84 bits per heavy atom. The van der Waals surface area contributed by atoms with Gasteiger partial charge in [0.05, 0.1) is 5.56 Å². The monoisotopic (exact) mass is 359 g/mol. The van der Waals surface area contributed by atoms with Crippen LogP contribution in [0, 0.1) is 11.3 Å². The maximum absolute atomic E-state index is 12.4. The summed E-state index contributed by atoms with van der Waals surface area (Å²) in [5, 5.41) is 13.5. The van der Waals surface area contributed by atoms with E-state index in [1.807, 2.05) is 6.07 Å². The summed E-state index contributed by atoms with van der Waals surface area (Å²) < 4.78 is 2.09. The number of hydrogen-bond acceptors (Lipinski definition) is 6. The van der Waals surface area contributed by atoms with Crippen LogP contribution in [0.4, 0.5) is 5.00 Å². The fraction of sp³-hybridized carbons (Fsp3) is 0.267. The third-order valence-electron chi connectivity index (χ3n) is 3.93. The molecule has 2 aromatic heterocycles. The topological polar surface area (TPSA) is 140 Å². The van der Waals surface area contributed by atoms with Crippen molar-refractivity contribution in [3.05, 3.63) is 49.1 Å². The van der Waals surface area contributed by atoms with Crippen LogP contribution in [-0.2, 0) is 24.3 Å². The number of nitrogens with zero attached hydrogens (tertiary/aromatic N) is 3. The Labute approximate surface area is 144 Å². The first-order valence-electron chi connectivity index (χ1n) is 7.37. The molecule has 0 radical (unpaired) electrons. The van der Waals surface area contributed by atoms with E-state index in [2.05, 4.69) is 5.32 Å². The molecule has 10 heteroatoms. The average molecular weight is 359 g/mol. The van der Waals surface area contributed by atoms with Gasteiger partial charge in [0, 0.05) is 12.2 Å². The summed E-state index contributed by atoms with van der Waals surface area (Å²) in [7, 11) is 0. The number of carbonyl (C=O) groups is 2. The third kappa shape index (κ3) is 2.85. The summed E-state index contributed by atoms with van der Waals surface area (Å²) in [5.74, 6) is -1.36. The molecular formula is C15H13N5O4S. The lowest BCUT2D eigenvalue weighted by atomic mass is 10.2. The van der Waals surface area contributed by atoms with Crippen molar-refractivity contribution in [3.63, 3.8) is 0 Å². The minimum absolute atomic E-state index is 0.112. The minimum Gasteiger partial charge on any atom is -0.366 e. The maximum Gasteiger partial charge on any atom is 0.331 e. The number of thiophene rings is 1. The summed E-state index contributed by atoms with van der Waals surface area (Å²) in [4.78, 5) is 48.3. The molecule has 2 aromatic rings. The van der Waals surface area contributed by atoms with Crippen molar-refractivity contribution in [2.75, 3.05) is 5.32 Å². The van der Waals surface area contributed by atoms with Gasteiger partial charge in [-0.25, -0.2) is 9.36 Å². The second kappa shape index (κ2) is 6.37. The van der Waals surface area contributed by atoms with Crippen molar-refractivity contribution >= 4 is 28.2 Å². The van der Waals surface area contributed by atoms with Gasteiger partial charge in [0.15, 0.2) is 0 Å². The number of amides is 2. The summed E-state index contributed by atoms with van der Waals surface area (Å²) in [6, 6.07) is 3.29. The Hall–Kier alpha value is -3.19. The van der Waals surface area contributed by atoms with Gasteiger partial charge in [-0.3, -0.25) is 19.0 Å². The van der Waals surface area contributed by atoms with Gasteiger partial charge in [-0.15, -0.1) is 11.3 Å². The molecule has 0 unspecified atom stereocenters. The molecule has 128 valence electrons. The van der Waals surface area contributed by atoms with Crippen molar-refractivity contribution in [1.29, 1.82) is 5.26 Å². The van der Waals surface area contributed by atoms with E-state index in [0.29, 0.717) is 25.1 Å². The Morgan fingerprint density at radius 1 is 1.40 bits per heavy atom. The zero-order valence-electron chi connectivity index (χ0n) is 12.9. The van der Waals surface area contributed by atoms with Crippen LogP contribution >= 0.6 is 11.3 Å². The van der Waals surface area contributed by atoms with Crippen LogP contribution in [0.1, 0.15) is 28.0 Å². The zero-order chi connectivity index (χ0) is 18.1. The molecule has 0 spiro atoms.